The summed E-state index contributed by atoms with van der Waals surface area (Å²) in [6.45, 7) is 0. The standard InChI is InChI=1S/C19H15N5O2/c20-13-3-1-2-11(8-13)15-6-4-12(10-21-15)18(25)22-14-5-7-16-17(9-14)24-19(26)23-16/h1-10H,20H2,(H,22,25)(H2,23,24,26). The molecule has 2 heterocycles. The quantitative estimate of drug-likeness (QED) is 0.427. The van der Waals surface area contributed by atoms with Gasteiger partial charge in [0.2, 0.25) is 0 Å². The minimum atomic E-state index is -0.287. The highest BCUT2D eigenvalue weighted by atomic mass is 16.2. The monoisotopic (exact) mass is 345 g/mol. The van der Waals surface area contributed by atoms with Gasteiger partial charge in [-0.05, 0) is 42.5 Å². The molecule has 1 amide bonds. The lowest BCUT2D eigenvalue weighted by atomic mass is 10.1. The highest BCUT2D eigenvalue weighted by Crippen LogP contribution is 2.20. The number of rotatable bonds is 3. The van der Waals surface area contributed by atoms with Crippen molar-refractivity contribution in [2.24, 2.45) is 0 Å². The van der Waals surface area contributed by atoms with Crippen LogP contribution in [-0.4, -0.2) is 20.9 Å². The predicted molar refractivity (Wildman–Crippen MR) is 101 cm³/mol. The summed E-state index contributed by atoms with van der Waals surface area (Å²) in [5.41, 5.74) is 10.1. The molecule has 128 valence electrons. The van der Waals surface area contributed by atoms with Crippen LogP contribution in [0.5, 0.6) is 0 Å². The lowest BCUT2D eigenvalue weighted by molar-refractivity contribution is 0.102. The van der Waals surface area contributed by atoms with Crippen molar-refractivity contribution in [1.29, 1.82) is 0 Å². The molecule has 0 bridgehead atoms. The smallest absolute Gasteiger partial charge is 0.323 e. The molecule has 0 aliphatic heterocycles. The first-order valence-electron chi connectivity index (χ1n) is 7.94. The second-order valence-corrected chi connectivity index (χ2v) is 5.85. The van der Waals surface area contributed by atoms with Crippen LogP contribution in [0.2, 0.25) is 0 Å². The van der Waals surface area contributed by atoms with Crippen molar-refractivity contribution in [3.8, 4) is 11.3 Å². The number of imidazole rings is 1. The van der Waals surface area contributed by atoms with Gasteiger partial charge in [-0.2, -0.15) is 0 Å². The van der Waals surface area contributed by atoms with Crippen molar-refractivity contribution < 1.29 is 4.79 Å². The average molecular weight is 345 g/mol. The lowest BCUT2D eigenvalue weighted by Crippen LogP contribution is -2.12. The largest absolute Gasteiger partial charge is 0.399 e. The van der Waals surface area contributed by atoms with Crippen LogP contribution in [0.25, 0.3) is 22.3 Å². The normalized spacial score (nSPS) is 10.8. The SMILES string of the molecule is Nc1cccc(-c2ccc(C(=O)Nc3ccc4[nH]c(=O)[nH]c4c3)cn2)c1. The average Bonchev–Trinajstić information content (AvgIpc) is 3.01. The number of aromatic amines is 2. The van der Waals surface area contributed by atoms with Gasteiger partial charge in [-0.15, -0.1) is 0 Å². The van der Waals surface area contributed by atoms with E-state index in [0.717, 1.165) is 11.3 Å². The number of H-pyrrole nitrogens is 2. The number of carbonyl (C=O) groups is 1. The summed E-state index contributed by atoms with van der Waals surface area (Å²) in [7, 11) is 0. The van der Waals surface area contributed by atoms with Crippen LogP contribution in [0, 0.1) is 0 Å². The molecule has 0 aliphatic rings. The van der Waals surface area contributed by atoms with Crippen LogP contribution < -0.4 is 16.7 Å². The first kappa shape index (κ1) is 15.6. The van der Waals surface area contributed by atoms with Crippen molar-refractivity contribution in [2.75, 3.05) is 11.1 Å². The van der Waals surface area contributed by atoms with E-state index in [0.29, 0.717) is 28.0 Å². The number of carbonyl (C=O) groups excluding carboxylic acids is 1. The second kappa shape index (κ2) is 6.21. The van der Waals surface area contributed by atoms with Gasteiger partial charge >= 0.3 is 5.69 Å². The number of nitrogens with zero attached hydrogens (tertiary/aromatic N) is 1. The Labute approximate surface area is 147 Å². The highest BCUT2D eigenvalue weighted by molar-refractivity contribution is 6.04. The van der Waals surface area contributed by atoms with Gasteiger partial charge in [0.15, 0.2) is 0 Å². The topological polar surface area (TPSA) is 117 Å². The molecule has 4 aromatic rings. The van der Waals surface area contributed by atoms with E-state index >= 15 is 0 Å². The molecule has 0 fully saturated rings. The van der Waals surface area contributed by atoms with Gasteiger partial charge in [0.05, 0.1) is 22.3 Å². The summed E-state index contributed by atoms with van der Waals surface area (Å²) in [5, 5.41) is 2.79. The molecule has 0 saturated carbocycles. The van der Waals surface area contributed by atoms with Gasteiger partial charge in [0.1, 0.15) is 0 Å². The van der Waals surface area contributed by atoms with Crippen LogP contribution in [0.15, 0.2) is 65.6 Å². The summed E-state index contributed by atoms with van der Waals surface area (Å²) < 4.78 is 0. The summed E-state index contributed by atoms with van der Waals surface area (Å²) >= 11 is 0. The van der Waals surface area contributed by atoms with Crippen LogP contribution in [0.4, 0.5) is 11.4 Å². The van der Waals surface area contributed by atoms with E-state index in [2.05, 4.69) is 20.3 Å². The number of anilines is 2. The molecular formula is C19H15N5O2. The molecule has 0 spiro atoms. The Morgan fingerprint density at radius 3 is 2.62 bits per heavy atom. The molecule has 4 rings (SSSR count). The van der Waals surface area contributed by atoms with E-state index in [4.69, 9.17) is 5.73 Å². The molecule has 0 unspecified atom stereocenters. The number of amides is 1. The second-order valence-electron chi connectivity index (χ2n) is 5.85. The number of hydrogen-bond donors (Lipinski definition) is 4. The number of benzene rings is 2. The van der Waals surface area contributed by atoms with E-state index < -0.39 is 0 Å². The maximum Gasteiger partial charge on any atom is 0.323 e. The summed E-state index contributed by atoms with van der Waals surface area (Å²) in [4.78, 5) is 33.4. The molecule has 0 saturated heterocycles. The fraction of sp³-hybridized carbons (Fsp3) is 0. The van der Waals surface area contributed by atoms with E-state index in [1.54, 1.807) is 36.4 Å². The van der Waals surface area contributed by atoms with Crippen LogP contribution in [-0.2, 0) is 0 Å². The first-order valence-corrected chi connectivity index (χ1v) is 7.94. The Kier molecular flexibility index (Phi) is 3.74. The number of hydrogen-bond acceptors (Lipinski definition) is 4. The van der Waals surface area contributed by atoms with Gasteiger partial charge in [0, 0.05) is 23.1 Å². The number of nitrogen functional groups attached to an aromatic ring is 1. The maximum atomic E-state index is 12.4. The van der Waals surface area contributed by atoms with Crippen LogP contribution >= 0.6 is 0 Å². The zero-order chi connectivity index (χ0) is 18.1. The van der Waals surface area contributed by atoms with Crippen molar-refractivity contribution in [3.05, 3.63) is 76.8 Å². The Morgan fingerprint density at radius 1 is 1.00 bits per heavy atom. The Balaban J connectivity index is 1.54. The van der Waals surface area contributed by atoms with Crippen molar-refractivity contribution in [1.82, 2.24) is 15.0 Å². The third-order valence-corrected chi connectivity index (χ3v) is 3.98. The fourth-order valence-corrected chi connectivity index (χ4v) is 2.71. The van der Waals surface area contributed by atoms with Gasteiger partial charge in [-0.25, -0.2) is 4.79 Å². The molecule has 0 aliphatic carbocycles. The summed E-state index contributed by atoms with van der Waals surface area (Å²) in [6.07, 6.45) is 1.52. The number of fused-ring (bicyclic) bond motifs is 1. The third-order valence-electron chi connectivity index (χ3n) is 3.98. The zero-order valence-electron chi connectivity index (χ0n) is 13.6. The van der Waals surface area contributed by atoms with Crippen molar-refractivity contribution >= 4 is 28.3 Å². The van der Waals surface area contributed by atoms with Crippen LogP contribution in [0.1, 0.15) is 10.4 Å². The highest BCUT2D eigenvalue weighted by Gasteiger charge is 2.09. The zero-order valence-corrected chi connectivity index (χ0v) is 13.6. The molecule has 7 heteroatoms. The number of aromatic nitrogens is 3. The first-order chi connectivity index (χ1) is 12.6. The number of pyridine rings is 1. The Morgan fingerprint density at radius 2 is 1.85 bits per heavy atom. The molecule has 26 heavy (non-hydrogen) atoms. The minimum absolute atomic E-state index is 0.283. The van der Waals surface area contributed by atoms with Gasteiger partial charge < -0.3 is 21.0 Å². The minimum Gasteiger partial charge on any atom is -0.399 e. The van der Waals surface area contributed by atoms with E-state index in [1.807, 2.05) is 18.2 Å². The molecule has 2 aromatic carbocycles. The van der Waals surface area contributed by atoms with Gasteiger partial charge in [0.25, 0.3) is 5.91 Å². The molecule has 5 N–H and O–H groups in total. The number of nitrogens with two attached hydrogens (primary N) is 1. The van der Waals surface area contributed by atoms with Crippen molar-refractivity contribution in [2.45, 2.75) is 0 Å². The Bertz CT molecular complexity index is 1160. The summed E-state index contributed by atoms with van der Waals surface area (Å²) in [5.74, 6) is -0.283. The predicted octanol–water partition coefficient (Wildman–Crippen LogP) is 2.75. The Hall–Kier alpha value is -3.87. The van der Waals surface area contributed by atoms with Crippen LogP contribution in [0.3, 0.4) is 0 Å². The van der Waals surface area contributed by atoms with Crippen molar-refractivity contribution in [3.63, 3.8) is 0 Å². The van der Waals surface area contributed by atoms with E-state index in [9.17, 15) is 9.59 Å². The molecule has 0 atom stereocenters. The third kappa shape index (κ3) is 3.05. The summed E-state index contributed by atoms with van der Waals surface area (Å²) in [6, 6.07) is 16.0. The lowest BCUT2D eigenvalue weighted by Gasteiger charge is -2.06. The molecule has 0 radical (unpaired) electrons. The molecule has 2 aromatic heterocycles. The molecule has 7 nitrogen and oxygen atoms in total. The fourth-order valence-electron chi connectivity index (χ4n) is 2.71. The maximum absolute atomic E-state index is 12.4. The van der Waals surface area contributed by atoms with Gasteiger partial charge in [-0.3, -0.25) is 9.78 Å². The van der Waals surface area contributed by atoms with Gasteiger partial charge in [-0.1, -0.05) is 12.1 Å². The van der Waals surface area contributed by atoms with E-state index in [1.165, 1.54) is 6.20 Å². The number of nitrogens with one attached hydrogen (secondary N) is 3. The molecular weight excluding hydrogens is 330 g/mol. The van der Waals surface area contributed by atoms with E-state index in [-0.39, 0.29) is 11.6 Å².